The molecule has 5 heteroatoms. The minimum atomic E-state index is -0.293. The maximum absolute atomic E-state index is 10.4. The predicted molar refractivity (Wildman–Crippen MR) is 101 cm³/mol. The molecule has 3 atom stereocenters. The van der Waals surface area contributed by atoms with Crippen molar-refractivity contribution in [3.05, 3.63) is 72.8 Å². The van der Waals surface area contributed by atoms with Crippen molar-refractivity contribution in [1.82, 2.24) is 20.1 Å². The van der Waals surface area contributed by atoms with Crippen LogP contribution in [0.4, 0.5) is 0 Å². The second kappa shape index (κ2) is 7.81. The Labute approximate surface area is 153 Å². The molecule has 134 valence electrons. The van der Waals surface area contributed by atoms with Gasteiger partial charge in [0.05, 0.1) is 6.10 Å². The third-order valence-corrected chi connectivity index (χ3v) is 5.14. The van der Waals surface area contributed by atoms with Crippen molar-refractivity contribution < 1.29 is 5.11 Å². The third-order valence-electron chi connectivity index (χ3n) is 5.14. The third kappa shape index (κ3) is 4.00. The Morgan fingerprint density at radius 2 is 1.92 bits per heavy atom. The van der Waals surface area contributed by atoms with Crippen LogP contribution in [0.15, 0.2) is 67.3 Å². The fraction of sp³-hybridized carbons (Fsp3) is 0.333. The summed E-state index contributed by atoms with van der Waals surface area (Å²) < 4.78 is 1.96. The van der Waals surface area contributed by atoms with Crippen LogP contribution in [-0.4, -0.2) is 32.0 Å². The van der Waals surface area contributed by atoms with Crippen LogP contribution in [0, 0.1) is 5.92 Å². The number of aromatic nitrogens is 3. The van der Waals surface area contributed by atoms with Gasteiger partial charge in [0.25, 0.3) is 0 Å². The second-order valence-electron chi connectivity index (χ2n) is 7.06. The van der Waals surface area contributed by atoms with Gasteiger partial charge in [-0.3, -0.25) is 9.67 Å². The monoisotopic (exact) mass is 348 g/mol. The molecule has 2 heterocycles. The molecule has 1 aromatic carbocycles. The van der Waals surface area contributed by atoms with Gasteiger partial charge in [-0.05, 0) is 59.7 Å². The average molecular weight is 348 g/mol. The first kappa shape index (κ1) is 16.9. The fourth-order valence-electron chi connectivity index (χ4n) is 3.81. The Balaban J connectivity index is 1.35. The molecule has 1 aliphatic carbocycles. The van der Waals surface area contributed by atoms with Gasteiger partial charge < -0.3 is 10.4 Å². The molecule has 0 bridgehead atoms. The lowest BCUT2D eigenvalue weighted by Gasteiger charge is -2.17. The molecule has 2 aromatic heterocycles. The van der Waals surface area contributed by atoms with Crippen molar-refractivity contribution in [2.75, 3.05) is 0 Å². The second-order valence-corrected chi connectivity index (χ2v) is 7.06. The van der Waals surface area contributed by atoms with E-state index in [1.54, 1.807) is 6.20 Å². The van der Waals surface area contributed by atoms with E-state index in [0.29, 0.717) is 5.92 Å². The highest BCUT2D eigenvalue weighted by atomic mass is 16.3. The van der Waals surface area contributed by atoms with E-state index in [1.165, 1.54) is 16.7 Å². The molecule has 2 N–H and O–H groups in total. The van der Waals surface area contributed by atoms with E-state index < -0.39 is 0 Å². The Hall–Kier alpha value is -2.50. The largest absolute Gasteiger partial charge is 0.391 e. The lowest BCUT2D eigenvalue weighted by Crippen LogP contribution is -2.35. The molecular weight excluding hydrogens is 324 g/mol. The summed E-state index contributed by atoms with van der Waals surface area (Å²) in [5, 5.41) is 18.2. The van der Waals surface area contributed by atoms with E-state index in [0.717, 1.165) is 25.9 Å². The number of nitrogens with zero attached hydrogens (tertiary/aromatic N) is 3. The first-order valence-electron chi connectivity index (χ1n) is 9.16. The molecule has 0 amide bonds. The van der Waals surface area contributed by atoms with Crippen LogP contribution in [0.25, 0.3) is 11.1 Å². The van der Waals surface area contributed by atoms with Gasteiger partial charge in [0.2, 0.25) is 0 Å². The minimum absolute atomic E-state index is 0.139. The number of aliphatic hydroxyl groups excluding tert-OH is 1. The summed E-state index contributed by atoms with van der Waals surface area (Å²) in [4.78, 5) is 4.08. The van der Waals surface area contributed by atoms with Gasteiger partial charge in [0.15, 0.2) is 0 Å². The molecule has 4 rings (SSSR count). The summed E-state index contributed by atoms with van der Waals surface area (Å²) in [6.45, 7) is 1.63. The maximum atomic E-state index is 10.4. The van der Waals surface area contributed by atoms with E-state index in [-0.39, 0.29) is 12.1 Å². The smallest absolute Gasteiger partial charge is 0.0696 e. The highest BCUT2D eigenvalue weighted by Gasteiger charge is 2.32. The standard InChI is InChI=1S/C21H24N4O/c26-21-13-17(15-25-10-2-7-24-25)12-20(21)23-14-16-3-1-4-19(11-16)18-5-8-22-9-6-18/h1-11,17,20-21,23,26H,12-15H2/t17?,20-,21-/m1/s1. The Morgan fingerprint density at radius 3 is 2.73 bits per heavy atom. The van der Waals surface area contributed by atoms with E-state index in [1.807, 2.05) is 41.5 Å². The molecule has 1 aliphatic rings. The van der Waals surface area contributed by atoms with Gasteiger partial charge in [0, 0.05) is 43.9 Å². The number of pyridine rings is 1. The first-order chi connectivity index (χ1) is 12.8. The lowest BCUT2D eigenvalue weighted by molar-refractivity contribution is 0.145. The van der Waals surface area contributed by atoms with E-state index >= 15 is 0 Å². The molecule has 3 aromatic rings. The fourth-order valence-corrected chi connectivity index (χ4v) is 3.81. The number of rotatable bonds is 6. The van der Waals surface area contributed by atoms with Gasteiger partial charge in [-0.1, -0.05) is 18.2 Å². The minimum Gasteiger partial charge on any atom is -0.391 e. The molecule has 1 saturated carbocycles. The van der Waals surface area contributed by atoms with Gasteiger partial charge in [-0.25, -0.2) is 0 Å². The van der Waals surface area contributed by atoms with Crippen LogP contribution >= 0.6 is 0 Å². The van der Waals surface area contributed by atoms with Crippen molar-refractivity contribution >= 4 is 0 Å². The number of aliphatic hydroxyl groups is 1. The SMILES string of the molecule is O[C@@H]1CC(Cn2cccn2)C[C@H]1NCc1cccc(-c2ccncc2)c1. The van der Waals surface area contributed by atoms with Gasteiger partial charge in [0.1, 0.15) is 0 Å². The number of hydrogen-bond donors (Lipinski definition) is 2. The summed E-state index contributed by atoms with van der Waals surface area (Å²) in [7, 11) is 0. The van der Waals surface area contributed by atoms with Crippen LogP contribution in [0.2, 0.25) is 0 Å². The van der Waals surface area contributed by atoms with Gasteiger partial charge in [-0.15, -0.1) is 0 Å². The molecule has 0 spiro atoms. The number of hydrogen-bond acceptors (Lipinski definition) is 4. The molecule has 1 fully saturated rings. The first-order valence-corrected chi connectivity index (χ1v) is 9.16. The zero-order chi connectivity index (χ0) is 17.8. The quantitative estimate of drug-likeness (QED) is 0.719. The van der Waals surface area contributed by atoms with Crippen molar-refractivity contribution in [1.29, 1.82) is 0 Å². The van der Waals surface area contributed by atoms with Gasteiger partial charge >= 0.3 is 0 Å². The van der Waals surface area contributed by atoms with Crippen LogP contribution in [0.3, 0.4) is 0 Å². The highest BCUT2D eigenvalue weighted by molar-refractivity contribution is 5.63. The normalized spacial score (nSPS) is 22.6. The van der Waals surface area contributed by atoms with E-state index in [2.05, 4.69) is 39.7 Å². The van der Waals surface area contributed by atoms with Crippen LogP contribution in [0.1, 0.15) is 18.4 Å². The maximum Gasteiger partial charge on any atom is 0.0696 e. The number of nitrogens with one attached hydrogen (secondary N) is 1. The molecule has 0 radical (unpaired) electrons. The highest BCUT2D eigenvalue weighted by Crippen LogP contribution is 2.28. The number of benzene rings is 1. The summed E-state index contributed by atoms with van der Waals surface area (Å²) in [5.41, 5.74) is 3.58. The topological polar surface area (TPSA) is 63.0 Å². The average Bonchev–Trinajstić information content (AvgIpc) is 3.31. The molecule has 1 unspecified atom stereocenters. The summed E-state index contributed by atoms with van der Waals surface area (Å²) in [5.74, 6) is 0.463. The van der Waals surface area contributed by atoms with Crippen LogP contribution in [0.5, 0.6) is 0 Å². The molecule has 5 nitrogen and oxygen atoms in total. The van der Waals surface area contributed by atoms with Crippen molar-refractivity contribution in [2.24, 2.45) is 5.92 Å². The Bertz CT molecular complexity index is 819. The van der Waals surface area contributed by atoms with E-state index in [9.17, 15) is 5.11 Å². The molecule has 0 aliphatic heterocycles. The van der Waals surface area contributed by atoms with Crippen LogP contribution in [-0.2, 0) is 13.1 Å². The van der Waals surface area contributed by atoms with E-state index in [4.69, 9.17) is 0 Å². The zero-order valence-corrected chi connectivity index (χ0v) is 14.7. The summed E-state index contributed by atoms with van der Waals surface area (Å²) in [6.07, 6.45) is 8.93. The predicted octanol–water partition coefficient (Wildman–Crippen LogP) is 2.87. The molecule has 26 heavy (non-hydrogen) atoms. The summed E-state index contributed by atoms with van der Waals surface area (Å²) >= 11 is 0. The zero-order valence-electron chi connectivity index (χ0n) is 14.7. The van der Waals surface area contributed by atoms with Crippen molar-refractivity contribution in [3.8, 4) is 11.1 Å². The Kier molecular flexibility index (Phi) is 5.09. The van der Waals surface area contributed by atoms with Crippen molar-refractivity contribution in [3.63, 3.8) is 0 Å². The molecular formula is C21H24N4O. The van der Waals surface area contributed by atoms with Crippen LogP contribution < -0.4 is 5.32 Å². The summed E-state index contributed by atoms with van der Waals surface area (Å²) in [6, 6.07) is 14.6. The molecule has 0 saturated heterocycles. The lowest BCUT2D eigenvalue weighted by atomic mass is 10.0. The Morgan fingerprint density at radius 1 is 1.04 bits per heavy atom. The van der Waals surface area contributed by atoms with Crippen molar-refractivity contribution in [2.45, 2.75) is 38.1 Å². The van der Waals surface area contributed by atoms with Gasteiger partial charge in [-0.2, -0.15) is 5.10 Å².